The monoisotopic (exact) mass is 232 g/mol. The molecule has 1 aromatic rings. The molecule has 2 unspecified atom stereocenters. The Balaban J connectivity index is 2.65. The lowest BCUT2D eigenvalue weighted by Gasteiger charge is -2.25. The van der Waals surface area contributed by atoms with Crippen molar-refractivity contribution in [3.05, 3.63) is 29.8 Å². The Labute approximate surface area is 103 Å². The van der Waals surface area contributed by atoms with Gasteiger partial charge in [0.25, 0.3) is 0 Å². The highest BCUT2D eigenvalue weighted by Gasteiger charge is 2.25. The number of hydrogen-bond donors (Lipinski definition) is 1. The van der Waals surface area contributed by atoms with Crippen LogP contribution >= 0.6 is 0 Å². The van der Waals surface area contributed by atoms with Crippen LogP contribution in [-0.2, 0) is 0 Å². The first-order valence-corrected chi connectivity index (χ1v) is 5.83. The average molecular weight is 232 g/mol. The second kappa shape index (κ2) is 5.70. The van der Waals surface area contributed by atoms with Gasteiger partial charge in [-0.25, -0.2) is 0 Å². The molecule has 1 N–H and O–H groups in total. The third kappa shape index (κ3) is 3.76. The van der Waals surface area contributed by atoms with Crippen molar-refractivity contribution in [3.8, 4) is 11.8 Å². The number of nitrogens with zero attached hydrogens (tertiary/aromatic N) is 1. The lowest BCUT2D eigenvalue weighted by Crippen LogP contribution is -2.41. The van der Waals surface area contributed by atoms with Crippen LogP contribution in [0.4, 0.5) is 0 Å². The van der Waals surface area contributed by atoms with Gasteiger partial charge >= 0.3 is 0 Å². The molecule has 0 heterocycles. The zero-order valence-electron chi connectivity index (χ0n) is 10.9. The zero-order chi connectivity index (χ0) is 12.9. The van der Waals surface area contributed by atoms with Crippen LogP contribution < -0.4 is 10.1 Å². The normalized spacial score (nSPS) is 15.7. The summed E-state index contributed by atoms with van der Waals surface area (Å²) in [6.07, 6.45) is 0.641. The van der Waals surface area contributed by atoms with E-state index in [0.717, 1.165) is 11.3 Å². The first-order valence-electron chi connectivity index (χ1n) is 5.83. The van der Waals surface area contributed by atoms with Crippen molar-refractivity contribution in [2.45, 2.75) is 38.8 Å². The Bertz CT molecular complexity index is 411. The molecule has 0 aromatic heterocycles. The van der Waals surface area contributed by atoms with Gasteiger partial charge in [-0.2, -0.15) is 5.26 Å². The Morgan fingerprint density at radius 3 is 2.65 bits per heavy atom. The number of para-hydroxylation sites is 1. The second-order valence-corrected chi connectivity index (χ2v) is 4.59. The van der Waals surface area contributed by atoms with Gasteiger partial charge < -0.3 is 10.1 Å². The number of nitrogens with one attached hydrogen (secondary N) is 1. The summed E-state index contributed by atoms with van der Waals surface area (Å²) in [6.45, 7) is 5.88. The highest BCUT2D eigenvalue weighted by molar-refractivity contribution is 5.31. The molecule has 3 nitrogen and oxygen atoms in total. The standard InChI is InChI=1S/C14H20N2O/c1-11-7-5-6-8-13(11)17-12(2)9-14(3,10-15)16-4/h5-8,12,16H,9H2,1-4H3. The summed E-state index contributed by atoms with van der Waals surface area (Å²) in [4.78, 5) is 0. The van der Waals surface area contributed by atoms with E-state index in [0.29, 0.717) is 6.42 Å². The van der Waals surface area contributed by atoms with E-state index in [1.165, 1.54) is 0 Å². The first-order chi connectivity index (χ1) is 8.00. The maximum absolute atomic E-state index is 9.09. The molecule has 0 aliphatic carbocycles. The van der Waals surface area contributed by atoms with E-state index in [9.17, 15) is 0 Å². The summed E-state index contributed by atoms with van der Waals surface area (Å²) >= 11 is 0. The summed E-state index contributed by atoms with van der Waals surface area (Å²) < 4.78 is 5.85. The Morgan fingerprint density at radius 2 is 2.12 bits per heavy atom. The van der Waals surface area contributed by atoms with Crippen LogP contribution in [0.2, 0.25) is 0 Å². The molecule has 1 aromatic carbocycles. The van der Waals surface area contributed by atoms with Gasteiger partial charge in [-0.3, -0.25) is 0 Å². The summed E-state index contributed by atoms with van der Waals surface area (Å²) in [5.41, 5.74) is 0.574. The Morgan fingerprint density at radius 1 is 1.47 bits per heavy atom. The van der Waals surface area contributed by atoms with Gasteiger partial charge in [0.2, 0.25) is 0 Å². The minimum atomic E-state index is -0.540. The zero-order valence-corrected chi connectivity index (χ0v) is 10.9. The number of aryl methyl sites for hydroxylation is 1. The topological polar surface area (TPSA) is 45.0 Å². The van der Waals surface area contributed by atoms with Crippen molar-refractivity contribution < 1.29 is 4.74 Å². The molecule has 2 atom stereocenters. The molecule has 1 rings (SSSR count). The van der Waals surface area contributed by atoms with Crippen LogP contribution in [-0.4, -0.2) is 18.7 Å². The highest BCUT2D eigenvalue weighted by Crippen LogP contribution is 2.21. The van der Waals surface area contributed by atoms with Gasteiger partial charge in [-0.05, 0) is 39.4 Å². The van der Waals surface area contributed by atoms with Gasteiger partial charge in [-0.1, -0.05) is 18.2 Å². The molecule has 3 heteroatoms. The maximum atomic E-state index is 9.09. The number of rotatable bonds is 5. The Hall–Kier alpha value is -1.53. The summed E-state index contributed by atoms with van der Waals surface area (Å²) in [5, 5.41) is 12.1. The van der Waals surface area contributed by atoms with Gasteiger partial charge in [0.1, 0.15) is 11.3 Å². The van der Waals surface area contributed by atoms with Gasteiger partial charge in [0, 0.05) is 6.42 Å². The molecule has 0 aliphatic heterocycles. The number of ether oxygens (including phenoxy) is 1. The molecular weight excluding hydrogens is 212 g/mol. The van der Waals surface area contributed by atoms with E-state index in [2.05, 4.69) is 11.4 Å². The molecule has 0 saturated carbocycles. The van der Waals surface area contributed by atoms with Crippen molar-refractivity contribution in [3.63, 3.8) is 0 Å². The minimum absolute atomic E-state index is 0.00630. The second-order valence-electron chi connectivity index (χ2n) is 4.59. The fourth-order valence-corrected chi connectivity index (χ4v) is 1.73. The van der Waals surface area contributed by atoms with Crippen LogP contribution in [0.15, 0.2) is 24.3 Å². The predicted octanol–water partition coefficient (Wildman–Crippen LogP) is 2.65. The van der Waals surface area contributed by atoms with Crippen LogP contribution in [0.1, 0.15) is 25.8 Å². The van der Waals surface area contributed by atoms with Crippen molar-refractivity contribution in [2.24, 2.45) is 0 Å². The van der Waals surface area contributed by atoms with E-state index < -0.39 is 5.54 Å². The van der Waals surface area contributed by atoms with Gasteiger partial charge in [0.15, 0.2) is 0 Å². The van der Waals surface area contributed by atoms with Crippen molar-refractivity contribution in [1.29, 1.82) is 5.26 Å². The third-order valence-electron chi connectivity index (χ3n) is 2.92. The molecule has 0 fully saturated rings. The quantitative estimate of drug-likeness (QED) is 0.849. The maximum Gasteiger partial charge on any atom is 0.122 e. The minimum Gasteiger partial charge on any atom is -0.490 e. The predicted molar refractivity (Wildman–Crippen MR) is 69.0 cm³/mol. The number of nitriles is 1. The smallest absolute Gasteiger partial charge is 0.122 e. The van der Waals surface area contributed by atoms with Crippen molar-refractivity contribution in [1.82, 2.24) is 5.32 Å². The fourth-order valence-electron chi connectivity index (χ4n) is 1.73. The Kier molecular flexibility index (Phi) is 4.53. The van der Waals surface area contributed by atoms with E-state index >= 15 is 0 Å². The highest BCUT2D eigenvalue weighted by atomic mass is 16.5. The first kappa shape index (κ1) is 13.5. The average Bonchev–Trinajstić information content (AvgIpc) is 2.32. The molecule has 0 radical (unpaired) electrons. The molecule has 17 heavy (non-hydrogen) atoms. The molecule has 92 valence electrons. The van der Waals surface area contributed by atoms with E-state index in [1.807, 2.05) is 45.0 Å². The molecule has 0 bridgehead atoms. The molecule has 0 amide bonds. The van der Waals surface area contributed by atoms with Crippen molar-refractivity contribution >= 4 is 0 Å². The van der Waals surface area contributed by atoms with Crippen LogP contribution in [0.5, 0.6) is 5.75 Å². The lowest BCUT2D eigenvalue weighted by atomic mass is 9.97. The fraction of sp³-hybridized carbons (Fsp3) is 0.500. The molecule has 0 aliphatic rings. The third-order valence-corrected chi connectivity index (χ3v) is 2.92. The van der Waals surface area contributed by atoms with Gasteiger partial charge in [-0.15, -0.1) is 0 Å². The number of hydrogen-bond acceptors (Lipinski definition) is 3. The molecule has 0 saturated heterocycles. The van der Waals surface area contributed by atoms with Crippen LogP contribution in [0.25, 0.3) is 0 Å². The van der Waals surface area contributed by atoms with Crippen LogP contribution in [0.3, 0.4) is 0 Å². The van der Waals surface area contributed by atoms with Crippen LogP contribution in [0, 0.1) is 18.3 Å². The molecule has 0 spiro atoms. The van der Waals surface area contributed by atoms with E-state index in [4.69, 9.17) is 10.00 Å². The summed E-state index contributed by atoms with van der Waals surface area (Å²) in [6, 6.07) is 10.2. The lowest BCUT2D eigenvalue weighted by molar-refractivity contribution is 0.181. The van der Waals surface area contributed by atoms with Crippen molar-refractivity contribution in [2.75, 3.05) is 7.05 Å². The number of benzene rings is 1. The summed E-state index contributed by atoms with van der Waals surface area (Å²) in [5.74, 6) is 0.886. The largest absolute Gasteiger partial charge is 0.490 e. The molecular formula is C14H20N2O. The van der Waals surface area contributed by atoms with E-state index in [1.54, 1.807) is 7.05 Å². The van der Waals surface area contributed by atoms with Gasteiger partial charge in [0.05, 0.1) is 12.2 Å². The summed E-state index contributed by atoms with van der Waals surface area (Å²) in [7, 11) is 1.80. The SMILES string of the molecule is CNC(C)(C#N)CC(C)Oc1ccccc1C. The van der Waals surface area contributed by atoms with E-state index in [-0.39, 0.29) is 6.10 Å².